The maximum atomic E-state index is 5.33. The SMILES string of the molecule is Cc1cc(Nc2cccc(NN)n2)cc(C)c1Br. The fourth-order valence-corrected chi connectivity index (χ4v) is 1.98. The maximum Gasteiger partial charge on any atom is 0.142 e. The second kappa shape index (κ2) is 5.37. The monoisotopic (exact) mass is 306 g/mol. The highest BCUT2D eigenvalue weighted by molar-refractivity contribution is 9.10. The maximum absolute atomic E-state index is 5.33. The fourth-order valence-electron chi connectivity index (χ4n) is 1.75. The van der Waals surface area contributed by atoms with Crippen LogP contribution in [0.3, 0.4) is 0 Å². The van der Waals surface area contributed by atoms with Gasteiger partial charge >= 0.3 is 0 Å². The van der Waals surface area contributed by atoms with E-state index < -0.39 is 0 Å². The summed E-state index contributed by atoms with van der Waals surface area (Å²) < 4.78 is 1.14. The van der Waals surface area contributed by atoms with Gasteiger partial charge in [0.25, 0.3) is 0 Å². The van der Waals surface area contributed by atoms with E-state index in [-0.39, 0.29) is 0 Å². The van der Waals surface area contributed by atoms with E-state index in [2.05, 4.69) is 57.6 Å². The Hall–Kier alpha value is -1.59. The number of nitrogens with one attached hydrogen (secondary N) is 2. The standard InChI is InChI=1S/C13H15BrN4/c1-8-6-10(7-9(2)13(8)14)16-11-4-3-5-12(17-11)18-15/h3-7H,15H2,1-2H3,(H2,16,17,18). The Bertz CT molecular complexity index is 546. The smallest absolute Gasteiger partial charge is 0.142 e. The van der Waals surface area contributed by atoms with E-state index in [1.807, 2.05) is 18.2 Å². The molecule has 2 aromatic rings. The molecule has 4 N–H and O–H groups in total. The van der Waals surface area contributed by atoms with Crippen molar-refractivity contribution >= 4 is 33.3 Å². The van der Waals surface area contributed by atoms with Crippen molar-refractivity contribution in [2.24, 2.45) is 5.84 Å². The molecule has 0 saturated heterocycles. The molecule has 94 valence electrons. The van der Waals surface area contributed by atoms with E-state index in [4.69, 9.17) is 5.84 Å². The second-order valence-corrected chi connectivity index (χ2v) is 4.89. The van der Waals surface area contributed by atoms with Crippen molar-refractivity contribution in [3.63, 3.8) is 0 Å². The van der Waals surface area contributed by atoms with Crippen molar-refractivity contribution in [2.45, 2.75) is 13.8 Å². The van der Waals surface area contributed by atoms with Crippen LogP contribution in [-0.4, -0.2) is 4.98 Å². The first-order chi connectivity index (χ1) is 8.60. The van der Waals surface area contributed by atoms with Crippen LogP contribution in [0.2, 0.25) is 0 Å². The number of hydrogen-bond donors (Lipinski definition) is 3. The van der Waals surface area contributed by atoms with Gasteiger partial charge in [-0.1, -0.05) is 22.0 Å². The van der Waals surface area contributed by atoms with Gasteiger partial charge in [0.05, 0.1) is 0 Å². The predicted molar refractivity (Wildman–Crippen MR) is 78.9 cm³/mol. The number of anilines is 3. The first kappa shape index (κ1) is 12.9. The number of nitrogens with two attached hydrogens (primary N) is 1. The number of aryl methyl sites for hydroxylation is 2. The summed E-state index contributed by atoms with van der Waals surface area (Å²) in [6.45, 7) is 4.13. The van der Waals surface area contributed by atoms with Gasteiger partial charge in [-0.05, 0) is 49.2 Å². The molecule has 0 spiro atoms. The first-order valence-corrected chi connectivity index (χ1v) is 6.37. The summed E-state index contributed by atoms with van der Waals surface area (Å²) in [4.78, 5) is 4.31. The normalized spacial score (nSPS) is 10.2. The van der Waals surface area contributed by atoms with Gasteiger partial charge in [-0.3, -0.25) is 0 Å². The zero-order valence-corrected chi connectivity index (χ0v) is 11.9. The zero-order valence-electron chi connectivity index (χ0n) is 10.3. The molecule has 0 fully saturated rings. The Morgan fingerprint density at radius 1 is 1.11 bits per heavy atom. The predicted octanol–water partition coefficient (Wildman–Crippen LogP) is 3.49. The van der Waals surface area contributed by atoms with E-state index in [0.717, 1.165) is 16.0 Å². The van der Waals surface area contributed by atoms with Crippen LogP contribution in [0, 0.1) is 13.8 Å². The van der Waals surface area contributed by atoms with Gasteiger partial charge < -0.3 is 10.7 Å². The molecule has 0 atom stereocenters. The summed E-state index contributed by atoms with van der Waals surface area (Å²) in [7, 11) is 0. The third-order valence-corrected chi connectivity index (χ3v) is 3.86. The lowest BCUT2D eigenvalue weighted by molar-refractivity contribution is 1.22. The Morgan fingerprint density at radius 3 is 2.33 bits per heavy atom. The van der Waals surface area contributed by atoms with Crippen LogP contribution in [0.25, 0.3) is 0 Å². The van der Waals surface area contributed by atoms with Gasteiger partial charge in [-0.25, -0.2) is 10.8 Å². The van der Waals surface area contributed by atoms with Crippen molar-refractivity contribution in [3.8, 4) is 0 Å². The summed E-state index contributed by atoms with van der Waals surface area (Å²) >= 11 is 3.55. The molecule has 4 nitrogen and oxygen atoms in total. The lowest BCUT2D eigenvalue weighted by atomic mass is 10.1. The molecule has 0 radical (unpaired) electrons. The van der Waals surface area contributed by atoms with E-state index in [9.17, 15) is 0 Å². The van der Waals surface area contributed by atoms with Crippen molar-refractivity contribution < 1.29 is 0 Å². The number of rotatable bonds is 3. The van der Waals surface area contributed by atoms with Gasteiger partial charge in [0.1, 0.15) is 11.6 Å². The average Bonchev–Trinajstić information content (AvgIpc) is 2.36. The van der Waals surface area contributed by atoms with Gasteiger partial charge in [-0.15, -0.1) is 0 Å². The van der Waals surface area contributed by atoms with Crippen molar-refractivity contribution in [1.82, 2.24) is 4.98 Å². The van der Waals surface area contributed by atoms with Crippen molar-refractivity contribution in [2.75, 3.05) is 10.7 Å². The Morgan fingerprint density at radius 2 is 1.72 bits per heavy atom. The second-order valence-electron chi connectivity index (χ2n) is 4.10. The molecule has 0 aliphatic rings. The number of aromatic nitrogens is 1. The molecule has 1 aromatic heterocycles. The number of benzene rings is 1. The van der Waals surface area contributed by atoms with Crippen LogP contribution in [0.4, 0.5) is 17.3 Å². The minimum Gasteiger partial charge on any atom is -0.340 e. The van der Waals surface area contributed by atoms with Crippen LogP contribution in [0.15, 0.2) is 34.8 Å². The third-order valence-electron chi connectivity index (χ3n) is 2.61. The molecule has 18 heavy (non-hydrogen) atoms. The zero-order chi connectivity index (χ0) is 13.1. The molecule has 2 rings (SSSR count). The topological polar surface area (TPSA) is 63.0 Å². The van der Waals surface area contributed by atoms with E-state index >= 15 is 0 Å². The van der Waals surface area contributed by atoms with E-state index in [1.165, 1.54) is 11.1 Å². The average molecular weight is 307 g/mol. The molecule has 1 aromatic carbocycles. The lowest BCUT2D eigenvalue weighted by Crippen LogP contribution is -2.09. The summed E-state index contributed by atoms with van der Waals surface area (Å²) in [5, 5.41) is 3.26. The quantitative estimate of drug-likeness (QED) is 0.600. The Kier molecular flexibility index (Phi) is 3.84. The molecule has 1 heterocycles. The summed E-state index contributed by atoms with van der Waals surface area (Å²) in [6.07, 6.45) is 0. The number of hydrogen-bond acceptors (Lipinski definition) is 4. The van der Waals surface area contributed by atoms with Crippen LogP contribution in [-0.2, 0) is 0 Å². The molecule has 0 aliphatic carbocycles. The van der Waals surface area contributed by atoms with Crippen molar-refractivity contribution in [3.05, 3.63) is 45.9 Å². The summed E-state index contributed by atoms with van der Waals surface area (Å²) in [5.41, 5.74) is 5.91. The highest BCUT2D eigenvalue weighted by Gasteiger charge is 2.03. The molecule has 5 heteroatoms. The Labute approximate surface area is 115 Å². The number of halogens is 1. The van der Waals surface area contributed by atoms with Gasteiger partial charge in [0, 0.05) is 10.2 Å². The van der Waals surface area contributed by atoms with Crippen LogP contribution >= 0.6 is 15.9 Å². The van der Waals surface area contributed by atoms with E-state index in [1.54, 1.807) is 0 Å². The minimum atomic E-state index is 0.630. The van der Waals surface area contributed by atoms with E-state index in [0.29, 0.717) is 5.82 Å². The number of hydrazine groups is 1. The molecule has 0 bridgehead atoms. The molecular formula is C13H15BrN4. The lowest BCUT2D eigenvalue weighted by Gasteiger charge is -2.10. The largest absolute Gasteiger partial charge is 0.340 e. The highest BCUT2D eigenvalue weighted by atomic mass is 79.9. The highest BCUT2D eigenvalue weighted by Crippen LogP contribution is 2.26. The first-order valence-electron chi connectivity index (χ1n) is 5.57. The summed E-state index contributed by atoms with van der Waals surface area (Å²) in [6, 6.07) is 9.74. The van der Waals surface area contributed by atoms with Crippen LogP contribution in [0.1, 0.15) is 11.1 Å². The van der Waals surface area contributed by atoms with Crippen molar-refractivity contribution in [1.29, 1.82) is 0 Å². The van der Waals surface area contributed by atoms with Crippen LogP contribution < -0.4 is 16.6 Å². The molecule has 0 saturated carbocycles. The fraction of sp³-hybridized carbons (Fsp3) is 0.154. The number of nitrogen functional groups attached to an aromatic ring is 1. The third kappa shape index (κ3) is 2.80. The van der Waals surface area contributed by atoms with Gasteiger partial charge in [0.2, 0.25) is 0 Å². The molecular weight excluding hydrogens is 292 g/mol. The minimum absolute atomic E-state index is 0.630. The molecule has 0 unspecified atom stereocenters. The van der Waals surface area contributed by atoms with Crippen LogP contribution in [0.5, 0.6) is 0 Å². The number of nitrogens with zero attached hydrogens (tertiary/aromatic N) is 1. The molecule has 0 amide bonds. The van der Waals surface area contributed by atoms with Gasteiger partial charge in [-0.2, -0.15) is 0 Å². The summed E-state index contributed by atoms with van der Waals surface area (Å²) in [5.74, 6) is 6.72. The number of pyridine rings is 1. The molecule has 0 aliphatic heterocycles. The van der Waals surface area contributed by atoms with Gasteiger partial charge in [0.15, 0.2) is 0 Å². The Balaban J connectivity index is 2.28.